The Morgan fingerprint density at radius 3 is 2.61 bits per heavy atom. The van der Waals surface area contributed by atoms with E-state index in [1.165, 1.54) is 23.9 Å². The molecule has 0 saturated carbocycles. The van der Waals surface area contributed by atoms with Gasteiger partial charge in [0, 0.05) is 12.6 Å². The zero-order valence-electron chi connectivity index (χ0n) is 14.3. The Kier molecular flexibility index (Phi) is 4.94. The van der Waals surface area contributed by atoms with Gasteiger partial charge in [0.05, 0.1) is 16.2 Å². The molecule has 4 aromatic rings. The van der Waals surface area contributed by atoms with Crippen molar-refractivity contribution in [3.63, 3.8) is 0 Å². The fraction of sp³-hybridized carbons (Fsp3) is 0.176. The number of aromatic nitrogens is 5. The normalized spacial score (nSPS) is 11.9. The number of alkyl halides is 3. The van der Waals surface area contributed by atoms with Crippen molar-refractivity contribution in [2.24, 2.45) is 7.05 Å². The second-order valence-electron chi connectivity index (χ2n) is 5.72. The van der Waals surface area contributed by atoms with Crippen LogP contribution < -0.4 is 0 Å². The summed E-state index contributed by atoms with van der Waals surface area (Å²) < 4.78 is 45.0. The van der Waals surface area contributed by atoms with E-state index in [4.69, 9.17) is 4.52 Å². The molecule has 144 valence electrons. The highest BCUT2D eigenvalue weighted by Gasteiger charge is 2.30. The van der Waals surface area contributed by atoms with Gasteiger partial charge in [-0.1, -0.05) is 35.1 Å². The minimum Gasteiger partial charge on any atom is -0.338 e. The van der Waals surface area contributed by atoms with Gasteiger partial charge >= 0.3 is 6.18 Å². The van der Waals surface area contributed by atoms with Crippen molar-refractivity contribution in [2.45, 2.75) is 17.1 Å². The number of hydrogen-bond donors (Lipinski definition) is 0. The van der Waals surface area contributed by atoms with E-state index in [0.717, 1.165) is 22.8 Å². The van der Waals surface area contributed by atoms with Gasteiger partial charge < -0.3 is 9.09 Å². The van der Waals surface area contributed by atoms with Crippen molar-refractivity contribution in [1.29, 1.82) is 0 Å². The van der Waals surface area contributed by atoms with Crippen molar-refractivity contribution >= 4 is 23.1 Å². The van der Waals surface area contributed by atoms with Gasteiger partial charge in [-0.05, 0) is 23.6 Å². The van der Waals surface area contributed by atoms with Gasteiger partial charge in [-0.2, -0.15) is 18.2 Å². The molecule has 28 heavy (non-hydrogen) atoms. The number of thioether (sulfide) groups is 1. The Bertz CT molecular complexity index is 1070. The van der Waals surface area contributed by atoms with Crippen LogP contribution in [0.15, 0.2) is 51.5 Å². The number of rotatable bonds is 5. The average Bonchev–Trinajstić information content (AvgIpc) is 3.41. The lowest BCUT2D eigenvalue weighted by Gasteiger charge is -2.05. The molecule has 0 saturated heterocycles. The SMILES string of the molecule is Cn1c(SCc2nc(-c3ccc(C(F)(F)F)cc3)no2)nnc1-c1cccs1. The van der Waals surface area contributed by atoms with Crippen molar-refractivity contribution in [2.75, 3.05) is 0 Å². The lowest BCUT2D eigenvalue weighted by Crippen LogP contribution is -2.04. The predicted octanol–water partition coefficient (Wildman–Crippen LogP) is 4.90. The third kappa shape index (κ3) is 3.80. The summed E-state index contributed by atoms with van der Waals surface area (Å²) in [7, 11) is 1.87. The topological polar surface area (TPSA) is 69.6 Å². The Labute approximate surface area is 165 Å². The fourth-order valence-corrected chi connectivity index (χ4v) is 3.92. The maximum atomic E-state index is 12.6. The zero-order valence-corrected chi connectivity index (χ0v) is 16.0. The van der Waals surface area contributed by atoms with E-state index in [1.54, 1.807) is 11.3 Å². The first-order valence-electron chi connectivity index (χ1n) is 7.98. The summed E-state index contributed by atoms with van der Waals surface area (Å²) in [6.07, 6.45) is -4.38. The average molecular weight is 423 g/mol. The lowest BCUT2D eigenvalue weighted by molar-refractivity contribution is -0.137. The number of halogens is 3. The van der Waals surface area contributed by atoms with Gasteiger partial charge in [-0.3, -0.25) is 0 Å². The smallest absolute Gasteiger partial charge is 0.338 e. The largest absolute Gasteiger partial charge is 0.416 e. The fourth-order valence-electron chi connectivity index (χ4n) is 2.43. The second-order valence-corrected chi connectivity index (χ2v) is 7.61. The molecule has 0 aliphatic rings. The van der Waals surface area contributed by atoms with Crippen LogP contribution in [-0.4, -0.2) is 24.9 Å². The Hall–Kier alpha value is -2.66. The van der Waals surface area contributed by atoms with Crippen molar-refractivity contribution in [3.05, 3.63) is 53.2 Å². The molecule has 0 amide bonds. The van der Waals surface area contributed by atoms with Gasteiger partial charge in [0.1, 0.15) is 0 Å². The highest BCUT2D eigenvalue weighted by Crippen LogP contribution is 2.31. The van der Waals surface area contributed by atoms with E-state index in [0.29, 0.717) is 22.4 Å². The Balaban J connectivity index is 1.44. The molecule has 1 aromatic carbocycles. The molecule has 0 radical (unpaired) electrons. The van der Waals surface area contributed by atoms with E-state index in [1.807, 2.05) is 29.1 Å². The molecule has 0 fully saturated rings. The van der Waals surface area contributed by atoms with E-state index in [-0.39, 0.29) is 5.82 Å². The minimum atomic E-state index is -4.38. The Morgan fingerprint density at radius 1 is 1.14 bits per heavy atom. The molecule has 0 spiro atoms. The molecule has 0 aliphatic carbocycles. The summed E-state index contributed by atoms with van der Waals surface area (Å²) in [5.74, 6) is 1.72. The van der Waals surface area contributed by atoms with Crippen molar-refractivity contribution in [1.82, 2.24) is 24.9 Å². The summed E-state index contributed by atoms with van der Waals surface area (Å²) in [6.45, 7) is 0. The van der Waals surface area contributed by atoms with Crippen LogP contribution in [-0.2, 0) is 19.0 Å². The number of hydrogen-bond acceptors (Lipinski definition) is 7. The summed E-state index contributed by atoms with van der Waals surface area (Å²) in [4.78, 5) is 5.26. The third-order valence-electron chi connectivity index (χ3n) is 3.84. The van der Waals surface area contributed by atoms with Crippen molar-refractivity contribution < 1.29 is 17.7 Å². The molecule has 0 N–H and O–H groups in total. The molecule has 0 unspecified atom stereocenters. The summed E-state index contributed by atoms with van der Waals surface area (Å²) in [5.41, 5.74) is -0.272. The van der Waals surface area contributed by atoms with Gasteiger partial charge in [-0.25, -0.2) is 0 Å². The first kappa shape index (κ1) is 18.7. The first-order chi connectivity index (χ1) is 13.4. The molecule has 6 nitrogen and oxygen atoms in total. The van der Waals surface area contributed by atoms with Crippen LogP contribution >= 0.6 is 23.1 Å². The standard InChI is InChI=1S/C17H12F3N5OS2/c1-25-15(12-3-2-8-27-12)22-23-16(25)28-9-13-21-14(24-26-13)10-4-6-11(7-5-10)17(18,19)20/h2-8H,9H2,1H3. The molecule has 11 heteroatoms. The van der Waals surface area contributed by atoms with Crippen molar-refractivity contribution in [3.8, 4) is 22.1 Å². The van der Waals surface area contributed by atoms with Gasteiger partial charge in [0.2, 0.25) is 11.7 Å². The molecule has 0 atom stereocenters. The summed E-state index contributed by atoms with van der Waals surface area (Å²) in [6, 6.07) is 8.54. The van der Waals surface area contributed by atoms with Crippen LogP contribution in [0.1, 0.15) is 11.5 Å². The Morgan fingerprint density at radius 2 is 1.93 bits per heavy atom. The van der Waals surface area contributed by atoms with Gasteiger partial charge in [-0.15, -0.1) is 21.5 Å². The first-order valence-corrected chi connectivity index (χ1v) is 9.84. The molecule has 3 heterocycles. The maximum Gasteiger partial charge on any atom is 0.416 e. The van der Waals surface area contributed by atoms with Crippen LogP contribution in [0, 0.1) is 0 Å². The quantitative estimate of drug-likeness (QED) is 0.425. The van der Waals surface area contributed by atoms with Gasteiger partial charge in [0.15, 0.2) is 11.0 Å². The zero-order chi connectivity index (χ0) is 19.7. The second kappa shape index (κ2) is 7.40. The predicted molar refractivity (Wildman–Crippen MR) is 98.6 cm³/mol. The lowest BCUT2D eigenvalue weighted by atomic mass is 10.1. The summed E-state index contributed by atoms with van der Waals surface area (Å²) in [5, 5.41) is 14.9. The van der Waals surface area contributed by atoms with E-state index in [2.05, 4.69) is 20.3 Å². The van der Waals surface area contributed by atoms with Crippen LogP contribution in [0.2, 0.25) is 0 Å². The third-order valence-corrected chi connectivity index (χ3v) is 5.71. The highest BCUT2D eigenvalue weighted by molar-refractivity contribution is 7.98. The molecular weight excluding hydrogens is 411 g/mol. The molecule has 0 bridgehead atoms. The minimum absolute atomic E-state index is 0.238. The van der Waals surface area contributed by atoms with E-state index >= 15 is 0 Å². The van der Waals surface area contributed by atoms with Gasteiger partial charge in [0.25, 0.3) is 0 Å². The maximum absolute atomic E-state index is 12.6. The van der Waals surface area contributed by atoms with Crippen LogP contribution in [0.4, 0.5) is 13.2 Å². The monoisotopic (exact) mass is 423 g/mol. The molecule has 0 aliphatic heterocycles. The van der Waals surface area contributed by atoms with Crippen LogP contribution in [0.25, 0.3) is 22.1 Å². The highest BCUT2D eigenvalue weighted by atomic mass is 32.2. The number of nitrogens with zero attached hydrogens (tertiary/aromatic N) is 5. The van der Waals surface area contributed by atoms with Crippen LogP contribution in [0.3, 0.4) is 0 Å². The summed E-state index contributed by atoms with van der Waals surface area (Å²) >= 11 is 2.96. The molecule has 4 rings (SSSR count). The number of thiophene rings is 1. The van der Waals surface area contributed by atoms with E-state index < -0.39 is 11.7 Å². The molecular formula is C17H12F3N5OS2. The van der Waals surface area contributed by atoms with Crippen LogP contribution in [0.5, 0.6) is 0 Å². The molecule has 3 aromatic heterocycles. The van der Waals surface area contributed by atoms with E-state index in [9.17, 15) is 13.2 Å². The number of benzene rings is 1.